The topological polar surface area (TPSA) is 29.3 Å². The molecule has 0 bridgehead atoms. The lowest BCUT2D eigenvalue weighted by atomic mass is 9.97. The minimum atomic E-state index is 0.123. The van der Waals surface area contributed by atoms with Crippen LogP contribution in [0.3, 0.4) is 0 Å². The van der Waals surface area contributed by atoms with E-state index in [9.17, 15) is 0 Å². The average Bonchev–Trinajstić information content (AvgIpc) is 2.60. The third-order valence-electron chi connectivity index (χ3n) is 3.53. The van der Waals surface area contributed by atoms with Gasteiger partial charge in [-0.2, -0.15) is 0 Å². The van der Waals surface area contributed by atoms with Gasteiger partial charge in [-0.1, -0.05) is 29.8 Å². The molecular formula is C14H21ClN2. The fraction of sp³-hybridized carbons (Fsp3) is 0.571. The summed E-state index contributed by atoms with van der Waals surface area (Å²) in [6, 6.07) is 8.46. The van der Waals surface area contributed by atoms with Crippen LogP contribution in [0, 0.1) is 0 Å². The van der Waals surface area contributed by atoms with Crippen molar-refractivity contribution in [3.05, 3.63) is 34.9 Å². The van der Waals surface area contributed by atoms with Crippen molar-refractivity contribution in [2.75, 3.05) is 6.54 Å². The van der Waals surface area contributed by atoms with Crippen LogP contribution in [0.5, 0.6) is 0 Å². The van der Waals surface area contributed by atoms with Crippen molar-refractivity contribution in [3.63, 3.8) is 0 Å². The van der Waals surface area contributed by atoms with Crippen LogP contribution in [-0.2, 0) is 0 Å². The van der Waals surface area contributed by atoms with Gasteiger partial charge in [-0.25, -0.2) is 0 Å². The summed E-state index contributed by atoms with van der Waals surface area (Å²) in [7, 11) is 0. The number of rotatable bonds is 1. The first-order valence-electron chi connectivity index (χ1n) is 6.18. The van der Waals surface area contributed by atoms with Gasteiger partial charge >= 0.3 is 0 Å². The monoisotopic (exact) mass is 252 g/mol. The molecule has 1 aliphatic rings. The SMILES string of the molecule is CC(C)(C)N1CCC(N)C1c1ccccc1Cl. The maximum Gasteiger partial charge on any atom is 0.0519 e. The third-order valence-corrected chi connectivity index (χ3v) is 3.87. The maximum atomic E-state index is 6.30. The number of halogens is 1. The number of hydrogen-bond acceptors (Lipinski definition) is 2. The lowest BCUT2D eigenvalue weighted by Crippen LogP contribution is -2.43. The van der Waals surface area contributed by atoms with Gasteiger partial charge in [0.15, 0.2) is 0 Å². The van der Waals surface area contributed by atoms with Crippen LogP contribution in [0.1, 0.15) is 38.8 Å². The predicted octanol–water partition coefficient (Wildman–Crippen LogP) is 3.21. The molecule has 17 heavy (non-hydrogen) atoms. The first-order valence-corrected chi connectivity index (χ1v) is 6.56. The minimum absolute atomic E-state index is 0.123. The van der Waals surface area contributed by atoms with Crippen LogP contribution in [-0.4, -0.2) is 23.0 Å². The summed E-state index contributed by atoms with van der Waals surface area (Å²) in [6.45, 7) is 7.74. The molecule has 2 rings (SSSR count). The van der Waals surface area contributed by atoms with Gasteiger partial charge in [-0.05, 0) is 38.8 Å². The molecule has 1 aromatic rings. The Labute approximate surface area is 109 Å². The minimum Gasteiger partial charge on any atom is -0.326 e. The summed E-state index contributed by atoms with van der Waals surface area (Å²) in [5, 5.41) is 0.823. The number of nitrogens with zero attached hydrogens (tertiary/aromatic N) is 1. The molecule has 0 aliphatic carbocycles. The molecular weight excluding hydrogens is 232 g/mol. The molecule has 2 nitrogen and oxygen atoms in total. The van der Waals surface area contributed by atoms with E-state index in [2.05, 4.69) is 31.7 Å². The molecule has 94 valence electrons. The average molecular weight is 253 g/mol. The second-order valence-electron chi connectivity index (χ2n) is 5.78. The number of benzene rings is 1. The fourth-order valence-electron chi connectivity index (χ4n) is 2.68. The van der Waals surface area contributed by atoms with E-state index >= 15 is 0 Å². The van der Waals surface area contributed by atoms with Gasteiger partial charge in [0.1, 0.15) is 0 Å². The van der Waals surface area contributed by atoms with Crippen LogP contribution in [0.4, 0.5) is 0 Å². The van der Waals surface area contributed by atoms with Gasteiger partial charge in [0.2, 0.25) is 0 Å². The molecule has 2 N–H and O–H groups in total. The van der Waals surface area contributed by atoms with Gasteiger partial charge < -0.3 is 5.73 Å². The van der Waals surface area contributed by atoms with E-state index in [1.165, 1.54) is 0 Å². The van der Waals surface area contributed by atoms with Crippen LogP contribution in [0.15, 0.2) is 24.3 Å². The summed E-state index contributed by atoms with van der Waals surface area (Å²) in [6.07, 6.45) is 1.03. The molecule has 3 heteroatoms. The van der Waals surface area contributed by atoms with E-state index in [4.69, 9.17) is 17.3 Å². The van der Waals surface area contributed by atoms with Gasteiger partial charge in [0, 0.05) is 23.1 Å². The van der Waals surface area contributed by atoms with E-state index in [1.807, 2.05) is 18.2 Å². The molecule has 0 saturated carbocycles. The Bertz CT molecular complexity index is 397. The Morgan fingerprint density at radius 1 is 1.29 bits per heavy atom. The van der Waals surface area contributed by atoms with E-state index in [1.54, 1.807) is 0 Å². The molecule has 0 aromatic heterocycles. The molecule has 0 spiro atoms. The molecule has 1 saturated heterocycles. The largest absolute Gasteiger partial charge is 0.326 e. The number of hydrogen-bond donors (Lipinski definition) is 1. The van der Waals surface area contributed by atoms with Gasteiger partial charge in [0.25, 0.3) is 0 Å². The molecule has 2 unspecified atom stereocenters. The normalized spacial score (nSPS) is 26.4. The first kappa shape index (κ1) is 12.9. The zero-order valence-corrected chi connectivity index (χ0v) is 11.5. The van der Waals surface area contributed by atoms with Crippen molar-refractivity contribution in [2.45, 2.75) is 44.8 Å². The van der Waals surface area contributed by atoms with Crippen molar-refractivity contribution in [3.8, 4) is 0 Å². The van der Waals surface area contributed by atoms with E-state index in [0.29, 0.717) is 0 Å². The summed E-state index contributed by atoms with van der Waals surface area (Å²) in [4.78, 5) is 2.46. The summed E-state index contributed by atoms with van der Waals surface area (Å²) in [5.74, 6) is 0. The number of likely N-dealkylation sites (tertiary alicyclic amines) is 1. The van der Waals surface area contributed by atoms with Gasteiger partial charge in [0.05, 0.1) is 6.04 Å². The highest BCUT2D eigenvalue weighted by molar-refractivity contribution is 6.31. The fourth-order valence-corrected chi connectivity index (χ4v) is 2.93. The van der Waals surface area contributed by atoms with Crippen LogP contribution < -0.4 is 5.73 Å². The quantitative estimate of drug-likeness (QED) is 0.832. The Balaban J connectivity index is 2.38. The lowest BCUT2D eigenvalue weighted by molar-refractivity contribution is 0.117. The Kier molecular flexibility index (Phi) is 3.48. The summed E-state index contributed by atoms with van der Waals surface area (Å²) < 4.78 is 0. The summed E-state index contributed by atoms with van der Waals surface area (Å²) >= 11 is 6.30. The third kappa shape index (κ3) is 2.49. The molecule has 0 amide bonds. The molecule has 2 atom stereocenters. The Morgan fingerprint density at radius 3 is 2.53 bits per heavy atom. The predicted molar refractivity (Wildman–Crippen MR) is 73.2 cm³/mol. The molecule has 1 aromatic carbocycles. The lowest BCUT2D eigenvalue weighted by Gasteiger charge is -2.38. The summed E-state index contributed by atoms with van der Waals surface area (Å²) in [5.41, 5.74) is 7.55. The highest BCUT2D eigenvalue weighted by Gasteiger charge is 2.39. The van der Waals surface area contributed by atoms with Crippen LogP contribution in [0.2, 0.25) is 5.02 Å². The highest BCUT2D eigenvalue weighted by Crippen LogP contribution is 2.39. The molecule has 1 aliphatic heterocycles. The van der Waals surface area contributed by atoms with Crippen molar-refractivity contribution < 1.29 is 0 Å². The van der Waals surface area contributed by atoms with E-state index in [0.717, 1.165) is 23.6 Å². The second-order valence-corrected chi connectivity index (χ2v) is 6.19. The zero-order valence-electron chi connectivity index (χ0n) is 10.8. The molecule has 0 radical (unpaired) electrons. The number of nitrogens with two attached hydrogens (primary N) is 1. The Hall–Kier alpha value is -0.570. The maximum absolute atomic E-state index is 6.30. The van der Waals surface area contributed by atoms with Crippen molar-refractivity contribution in [1.82, 2.24) is 4.90 Å². The highest BCUT2D eigenvalue weighted by atomic mass is 35.5. The van der Waals surface area contributed by atoms with Crippen molar-refractivity contribution >= 4 is 11.6 Å². The van der Waals surface area contributed by atoms with Crippen LogP contribution >= 0.6 is 11.6 Å². The second kappa shape index (κ2) is 4.60. The molecule has 1 heterocycles. The zero-order chi connectivity index (χ0) is 12.6. The molecule has 1 fully saturated rings. The smallest absolute Gasteiger partial charge is 0.0519 e. The van der Waals surface area contributed by atoms with E-state index < -0.39 is 0 Å². The van der Waals surface area contributed by atoms with E-state index in [-0.39, 0.29) is 17.6 Å². The standard InChI is InChI=1S/C14H21ClN2/c1-14(2,3)17-9-8-12(16)13(17)10-6-4-5-7-11(10)15/h4-7,12-13H,8-9,16H2,1-3H3. The Morgan fingerprint density at radius 2 is 1.94 bits per heavy atom. The van der Waals surface area contributed by atoms with Gasteiger partial charge in [-0.3, -0.25) is 4.90 Å². The first-order chi connectivity index (χ1) is 7.91. The van der Waals surface area contributed by atoms with Gasteiger partial charge in [-0.15, -0.1) is 0 Å². The van der Waals surface area contributed by atoms with Crippen molar-refractivity contribution in [1.29, 1.82) is 0 Å². The van der Waals surface area contributed by atoms with Crippen LogP contribution in [0.25, 0.3) is 0 Å². The van der Waals surface area contributed by atoms with Crippen molar-refractivity contribution in [2.24, 2.45) is 5.73 Å².